The maximum Gasteiger partial charge on any atom is 0.342 e. The Labute approximate surface area is 217 Å². The molecule has 0 atom stereocenters. The van der Waals surface area contributed by atoms with Crippen molar-refractivity contribution in [2.45, 2.75) is 5.16 Å². The van der Waals surface area contributed by atoms with E-state index in [1.165, 1.54) is 32.4 Å². The molecule has 12 nitrogen and oxygen atoms in total. The number of H-pyrrole nitrogens is 1. The molecule has 0 bridgehead atoms. The Morgan fingerprint density at radius 3 is 2.41 bits per heavy atom. The van der Waals surface area contributed by atoms with Crippen LogP contribution in [0.1, 0.15) is 5.56 Å². The second-order valence-corrected chi connectivity index (χ2v) is 9.28. The van der Waals surface area contributed by atoms with Gasteiger partial charge in [0.1, 0.15) is 16.4 Å². The monoisotopic (exact) mass is 526 g/mol. The number of carbonyl (C=O) groups is 1. The summed E-state index contributed by atoms with van der Waals surface area (Å²) in [5.41, 5.74) is 1.70. The molecule has 0 unspecified atom stereocenters. The largest absolute Gasteiger partial charge is 0.497 e. The minimum absolute atomic E-state index is 0.0790. The molecule has 0 aliphatic carbocycles. The van der Waals surface area contributed by atoms with Crippen LogP contribution < -0.4 is 14.4 Å². The summed E-state index contributed by atoms with van der Waals surface area (Å²) in [6.07, 6.45) is 1.43. The van der Waals surface area contributed by atoms with Crippen LogP contribution in [0.3, 0.4) is 0 Å². The van der Waals surface area contributed by atoms with Gasteiger partial charge >= 0.3 is 5.97 Å². The van der Waals surface area contributed by atoms with Crippen LogP contribution in [0, 0.1) is 10.1 Å². The molecule has 13 heteroatoms. The second kappa shape index (κ2) is 11.3. The summed E-state index contributed by atoms with van der Waals surface area (Å²) in [5.74, 6) is 0.328. The van der Waals surface area contributed by atoms with Gasteiger partial charge in [0, 0.05) is 61.2 Å². The fourth-order valence-electron chi connectivity index (χ4n) is 3.85. The maximum absolute atomic E-state index is 12.2. The molecule has 1 fully saturated rings. The number of aromatic amines is 1. The number of nitrogens with one attached hydrogen (secondary N) is 1. The number of non-ortho nitro benzene ring substituents is 1. The predicted octanol–water partition coefficient (Wildman–Crippen LogP) is 3.37. The summed E-state index contributed by atoms with van der Waals surface area (Å²) in [7, 11) is 5.10. The van der Waals surface area contributed by atoms with Gasteiger partial charge in [-0.15, -0.1) is 5.10 Å². The van der Waals surface area contributed by atoms with Crippen molar-refractivity contribution in [2.75, 3.05) is 52.3 Å². The van der Waals surface area contributed by atoms with Gasteiger partial charge in [0.15, 0.2) is 5.82 Å². The van der Waals surface area contributed by atoms with Gasteiger partial charge in [0.2, 0.25) is 5.16 Å². The Morgan fingerprint density at radius 1 is 1.14 bits per heavy atom. The van der Waals surface area contributed by atoms with E-state index in [4.69, 9.17) is 9.47 Å². The van der Waals surface area contributed by atoms with E-state index >= 15 is 0 Å². The molecule has 2 heterocycles. The summed E-state index contributed by atoms with van der Waals surface area (Å²) >= 11 is 0.846. The number of piperazine rings is 1. The van der Waals surface area contributed by atoms with Gasteiger partial charge < -0.3 is 24.4 Å². The third-order valence-electron chi connectivity index (χ3n) is 5.85. The quantitative estimate of drug-likeness (QED) is 0.183. The molecule has 37 heavy (non-hydrogen) atoms. The molecule has 0 radical (unpaired) electrons. The van der Waals surface area contributed by atoms with Crippen LogP contribution in [0.15, 0.2) is 46.5 Å². The number of nitrogens with zero attached hydrogens (tertiary/aromatic N) is 5. The van der Waals surface area contributed by atoms with E-state index in [-0.39, 0.29) is 15.7 Å². The van der Waals surface area contributed by atoms with Crippen LogP contribution in [-0.4, -0.2) is 83.5 Å². The van der Waals surface area contributed by atoms with E-state index in [9.17, 15) is 20.0 Å². The van der Waals surface area contributed by atoms with Gasteiger partial charge in [0.05, 0.1) is 19.1 Å². The number of thioether (sulfide) groups is 1. The number of nitro benzene ring substituents is 1. The molecular formula is C24H26N6O6S. The van der Waals surface area contributed by atoms with E-state index in [0.717, 1.165) is 43.6 Å². The lowest BCUT2D eigenvalue weighted by Crippen LogP contribution is -2.44. The molecule has 0 amide bonds. The fraction of sp³-hybridized carbons (Fsp3) is 0.292. The van der Waals surface area contributed by atoms with Crippen molar-refractivity contribution in [1.82, 2.24) is 20.1 Å². The Hall–Kier alpha value is -4.10. The highest BCUT2D eigenvalue weighted by Crippen LogP contribution is 2.34. The third-order valence-corrected chi connectivity index (χ3v) is 6.73. The first-order chi connectivity index (χ1) is 17.8. The van der Waals surface area contributed by atoms with E-state index in [2.05, 4.69) is 25.0 Å². The van der Waals surface area contributed by atoms with Crippen molar-refractivity contribution in [1.29, 1.82) is 0 Å². The first-order valence-corrected chi connectivity index (χ1v) is 12.1. The number of rotatable bonds is 9. The number of aliphatic carboxylic acids is 1. The molecule has 0 spiro atoms. The maximum atomic E-state index is 12.2. The van der Waals surface area contributed by atoms with Gasteiger partial charge in [-0.3, -0.25) is 15.2 Å². The normalized spacial score (nSPS) is 14.5. The summed E-state index contributed by atoms with van der Waals surface area (Å²) in [5, 5.41) is 28.5. The number of hydrogen-bond donors (Lipinski definition) is 2. The molecule has 1 saturated heterocycles. The number of methoxy groups -OCH3 is 2. The minimum Gasteiger partial charge on any atom is -0.497 e. The fourth-order valence-corrected chi connectivity index (χ4v) is 4.54. The van der Waals surface area contributed by atoms with Crippen LogP contribution >= 0.6 is 11.8 Å². The summed E-state index contributed by atoms with van der Waals surface area (Å²) in [4.78, 5) is 31.7. The second-order valence-electron chi connectivity index (χ2n) is 8.27. The SMILES string of the molecule is COc1cc(OC)cc(-c2nc(S/C(=C/c3cc([N+](=O)[O-])ccc3N3CCN(C)CC3)C(=O)O)n[nH]2)c1. The van der Waals surface area contributed by atoms with Crippen LogP contribution in [0.2, 0.25) is 0 Å². The number of anilines is 1. The number of hydrogen-bond acceptors (Lipinski definition) is 10. The Kier molecular flexibility index (Phi) is 7.94. The molecule has 3 aromatic rings. The lowest BCUT2D eigenvalue weighted by atomic mass is 10.1. The van der Waals surface area contributed by atoms with E-state index < -0.39 is 10.9 Å². The minimum atomic E-state index is -1.20. The Morgan fingerprint density at radius 2 is 1.81 bits per heavy atom. The average Bonchev–Trinajstić information content (AvgIpc) is 3.37. The van der Waals surface area contributed by atoms with Crippen molar-refractivity contribution >= 4 is 35.2 Å². The van der Waals surface area contributed by atoms with Crippen molar-refractivity contribution in [3.05, 3.63) is 57.0 Å². The van der Waals surface area contributed by atoms with E-state index in [1.807, 2.05) is 7.05 Å². The highest BCUT2D eigenvalue weighted by Gasteiger charge is 2.21. The number of benzene rings is 2. The van der Waals surface area contributed by atoms with Gasteiger partial charge in [-0.25, -0.2) is 9.78 Å². The van der Waals surface area contributed by atoms with Crippen LogP contribution in [0.25, 0.3) is 17.5 Å². The summed E-state index contributed by atoms with van der Waals surface area (Å²) < 4.78 is 10.6. The smallest absolute Gasteiger partial charge is 0.342 e. The Balaban J connectivity index is 1.66. The predicted molar refractivity (Wildman–Crippen MR) is 139 cm³/mol. The first-order valence-electron chi connectivity index (χ1n) is 11.3. The van der Waals surface area contributed by atoms with Crippen LogP contribution in [0.4, 0.5) is 11.4 Å². The highest BCUT2D eigenvalue weighted by atomic mass is 32.2. The number of aromatic nitrogens is 3. The first kappa shape index (κ1) is 26.0. The van der Waals surface area contributed by atoms with Crippen LogP contribution in [-0.2, 0) is 4.79 Å². The zero-order chi connectivity index (χ0) is 26.5. The van der Waals surface area contributed by atoms with E-state index in [0.29, 0.717) is 28.5 Å². The topological polar surface area (TPSA) is 147 Å². The zero-order valence-electron chi connectivity index (χ0n) is 20.5. The number of ether oxygens (including phenoxy) is 2. The van der Waals surface area contributed by atoms with Crippen molar-refractivity contribution in [2.24, 2.45) is 0 Å². The van der Waals surface area contributed by atoms with Crippen molar-refractivity contribution < 1.29 is 24.3 Å². The third kappa shape index (κ3) is 6.19. The molecule has 194 valence electrons. The van der Waals surface area contributed by atoms with Gasteiger partial charge in [-0.2, -0.15) is 0 Å². The standard InChI is InChI=1S/C24H26N6O6S/c1-28-6-8-29(9-7-28)20-5-4-17(30(33)34)10-15(20)13-21(23(31)32)37-24-25-22(26-27-24)16-11-18(35-2)14-19(12-16)36-3/h4-5,10-14H,6-9H2,1-3H3,(H,31,32)(H,25,26,27)/b21-13+. The molecule has 1 aliphatic heterocycles. The zero-order valence-corrected chi connectivity index (χ0v) is 21.3. The number of carboxylic acid groups (broad SMARTS) is 1. The molecule has 2 aromatic carbocycles. The number of nitro groups is 1. The molecule has 2 N–H and O–H groups in total. The van der Waals surface area contributed by atoms with Gasteiger partial charge in [-0.05, 0) is 43.1 Å². The average molecular weight is 527 g/mol. The van der Waals surface area contributed by atoms with Gasteiger partial charge in [0.25, 0.3) is 5.69 Å². The highest BCUT2D eigenvalue weighted by molar-refractivity contribution is 8.04. The molecular weight excluding hydrogens is 500 g/mol. The lowest BCUT2D eigenvalue weighted by Gasteiger charge is -2.34. The summed E-state index contributed by atoms with van der Waals surface area (Å²) in [6.45, 7) is 3.10. The summed E-state index contributed by atoms with van der Waals surface area (Å²) in [6, 6.07) is 9.71. The van der Waals surface area contributed by atoms with E-state index in [1.54, 1.807) is 24.3 Å². The molecule has 4 rings (SSSR count). The van der Waals surface area contributed by atoms with Crippen molar-refractivity contribution in [3.8, 4) is 22.9 Å². The molecule has 1 aliphatic rings. The van der Waals surface area contributed by atoms with Crippen molar-refractivity contribution in [3.63, 3.8) is 0 Å². The molecule has 1 aromatic heterocycles. The lowest BCUT2D eigenvalue weighted by molar-refractivity contribution is -0.384. The van der Waals surface area contributed by atoms with Crippen LogP contribution in [0.5, 0.6) is 11.5 Å². The number of likely N-dealkylation sites (N-methyl/N-ethyl adjacent to an activating group) is 1. The van der Waals surface area contributed by atoms with Gasteiger partial charge in [-0.1, -0.05) is 0 Å². The number of carboxylic acids is 1. The molecule has 0 saturated carbocycles. The Bertz CT molecular complexity index is 1310.